The maximum Gasteiger partial charge on any atom is 0.127 e. The number of hydrogen-bond donors (Lipinski definition) is 3. The van der Waals surface area contributed by atoms with Gasteiger partial charge < -0.3 is 15.3 Å². The van der Waals surface area contributed by atoms with Crippen LogP contribution in [0.1, 0.15) is 25.0 Å². The van der Waals surface area contributed by atoms with Crippen molar-refractivity contribution in [3.63, 3.8) is 0 Å². The van der Waals surface area contributed by atoms with E-state index in [0.717, 1.165) is 24.0 Å². The predicted octanol–water partition coefficient (Wildman–Crippen LogP) is 3.60. The first-order valence-corrected chi connectivity index (χ1v) is 6.44. The van der Waals surface area contributed by atoms with E-state index in [0.29, 0.717) is 11.1 Å². The molecule has 0 aliphatic rings. The van der Waals surface area contributed by atoms with Crippen molar-refractivity contribution in [2.24, 2.45) is 0 Å². The van der Waals surface area contributed by atoms with Gasteiger partial charge in [0.05, 0.1) is 0 Å². The molecule has 0 fully saturated rings. The van der Waals surface area contributed by atoms with Crippen LogP contribution in [-0.2, 0) is 12.8 Å². The monoisotopic (exact) mass is 258 g/mol. The number of phenols is 3. The molecule has 0 heterocycles. The first-order chi connectivity index (χ1) is 9.08. The van der Waals surface area contributed by atoms with E-state index in [2.05, 4.69) is 0 Å². The number of rotatable bonds is 3. The topological polar surface area (TPSA) is 60.7 Å². The zero-order chi connectivity index (χ0) is 14.0. The molecule has 19 heavy (non-hydrogen) atoms. The van der Waals surface area contributed by atoms with Gasteiger partial charge in [0.1, 0.15) is 17.2 Å². The van der Waals surface area contributed by atoms with E-state index in [4.69, 9.17) is 0 Å². The van der Waals surface area contributed by atoms with Crippen LogP contribution in [0.2, 0.25) is 0 Å². The van der Waals surface area contributed by atoms with Gasteiger partial charge in [0.25, 0.3) is 0 Å². The third-order valence-corrected chi connectivity index (χ3v) is 3.39. The maximum absolute atomic E-state index is 10.4. The molecule has 3 heteroatoms. The summed E-state index contributed by atoms with van der Waals surface area (Å²) in [7, 11) is 0. The molecule has 0 atom stereocenters. The summed E-state index contributed by atoms with van der Waals surface area (Å²) in [5, 5.41) is 29.6. The Morgan fingerprint density at radius 2 is 1.53 bits per heavy atom. The summed E-state index contributed by atoms with van der Waals surface area (Å²) in [6.07, 6.45) is 1.60. The summed E-state index contributed by atoms with van der Waals surface area (Å²) in [4.78, 5) is 0. The Labute approximate surface area is 112 Å². The van der Waals surface area contributed by atoms with Crippen molar-refractivity contribution in [1.82, 2.24) is 0 Å². The Morgan fingerprint density at radius 3 is 2.11 bits per heavy atom. The highest BCUT2D eigenvalue weighted by Crippen LogP contribution is 2.40. The lowest BCUT2D eigenvalue weighted by atomic mass is 9.94. The number of hydrogen-bond acceptors (Lipinski definition) is 3. The SMILES string of the molecule is CCc1ccc(-c2ccc(O)cc2O)c(O)c1CC. The van der Waals surface area contributed by atoms with E-state index in [9.17, 15) is 15.3 Å². The molecule has 3 N–H and O–H groups in total. The Kier molecular flexibility index (Phi) is 3.65. The van der Waals surface area contributed by atoms with Crippen LogP contribution in [0.3, 0.4) is 0 Å². The Morgan fingerprint density at radius 1 is 0.842 bits per heavy atom. The Hall–Kier alpha value is -2.16. The lowest BCUT2D eigenvalue weighted by Crippen LogP contribution is -1.94. The van der Waals surface area contributed by atoms with Crippen LogP contribution in [0.5, 0.6) is 17.2 Å². The van der Waals surface area contributed by atoms with Crippen LogP contribution >= 0.6 is 0 Å². The van der Waals surface area contributed by atoms with E-state index in [1.807, 2.05) is 19.9 Å². The third kappa shape index (κ3) is 2.36. The molecule has 2 rings (SSSR count). The molecule has 0 amide bonds. The van der Waals surface area contributed by atoms with Crippen LogP contribution in [0.25, 0.3) is 11.1 Å². The van der Waals surface area contributed by atoms with E-state index >= 15 is 0 Å². The quantitative estimate of drug-likeness (QED) is 0.788. The van der Waals surface area contributed by atoms with Gasteiger partial charge in [-0.2, -0.15) is 0 Å². The highest BCUT2D eigenvalue weighted by Gasteiger charge is 2.14. The van der Waals surface area contributed by atoms with E-state index in [1.165, 1.54) is 12.1 Å². The second-order valence-electron chi connectivity index (χ2n) is 4.51. The fraction of sp³-hybridized carbons (Fsp3) is 0.250. The van der Waals surface area contributed by atoms with E-state index in [1.54, 1.807) is 12.1 Å². The second-order valence-corrected chi connectivity index (χ2v) is 4.51. The molecule has 0 aliphatic heterocycles. The van der Waals surface area contributed by atoms with Crippen LogP contribution in [0.4, 0.5) is 0 Å². The van der Waals surface area contributed by atoms with Gasteiger partial charge in [0, 0.05) is 17.2 Å². The highest BCUT2D eigenvalue weighted by molar-refractivity contribution is 5.77. The summed E-state index contributed by atoms with van der Waals surface area (Å²) in [6, 6.07) is 8.15. The van der Waals surface area contributed by atoms with Crippen molar-refractivity contribution in [2.45, 2.75) is 26.7 Å². The second kappa shape index (κ2) is 5.22. The molecule has 2 aromatic rings. The van der Waals surface area contributed by atoms with Crippen molar-refractivity contribution in [3.05, 3.63) is 41.5 Å². The smallest absolute Gasteiger partial charge is 0.127 e. The molecule has 2 aromatic carbocycles. The number of phenolic OH excluding ortho intramolecular Hbond substituents is 3. The van der Waals surface area contributed by atoms with E-state index < -0.39 is 0 Å². The molecule has 0 spiro atoms. The van der Waals surface area contributed by atoms with Crippen LogP contribution in [-0.4, -0.2) is 15.3 Å². The number of aromatic hydroxyl groups is 3. The molecule has 0 saturated heterocycles. The standard InChI is InChI=1S/C16H18O3/c1-3-10-5-7-14(16(19)12(10)4-2)13-8-6-11(17)9-15(13)18/h5-9,17-19H,3-4H2,1-2H3. The summed E-state index contributed by atoms with van der Waals surface area (Å²) in [6.45, 7) is 4.04. The predicted molar refractivity (Wildman–Crippen MR) is 75.6 cm³/mol. The van der Waals surface area contributed by atoms with Gasteiger partial charge >= 0.3 is 0 Å². The minimum atomic E-state index is -0.0402. The molecule has 0 aromatic heterocycles. The average molecular weight is 258 g/mol. The summed E-state index contributed by atoms with van der Waals surface area (Å²) < 4.78 is 0. The van der Waals surface area contributed by atoms with Gasteiger partial charge in [-0.1, -0.05) is 26.0 Å². The number of aryl methyl sites for hydroxylation is 1. The normalized spacial score (nSPS) is 10.6. The van der Waals surface area contributed by atoms with E-state index in [-0.39, 0.29) is 17.2 Å². The molecule has 3 nitrogen and oxygen atoms in total. The van der Waals surface area contributed by atoms with Crippen molar-refractivity contribution in [1.29, 1.82) is 0 Å². The van der Waals surface area contributed by atoms with Gasteiger partial charge in [-0.3, -0.25) is 0 Å². The van der Waals surface area contributed by atoms with Gasteiger partial charge in [0.15, 0.2) is 0 Å². The minimum absolute atomic E-state index is 0.00151. The van der Waals surface area contributed by atoms with Gasteiger partial charge in [-0.05, 0) is 36.1 Å². The van der Waals surface area contributed by atoms with Crippen molar-refractivity contribution in [2.75, 3.05) is 0 Å². The molecular weight excluding hydrogens is 240 g/mol. The molecule has 0 radical (unpaired) electrons. The van der Waals surface area contributed by atoms with Crippen LogP contribution in [0, 0.1) is 0 Å². The van der Waals surface area contributed by atoms with Crippen molar-refractivity contribution < 1.29 is 15.3 Å². The zero-order valence-corrected chi connectivity index (χ0v) is 11.1. The van der Waals surface area contributed by atoms with Crippen molar-refractivity contribution >= 4 is 0 Å². The Bertz CT molecular complexity index is 603. The first kappa shape index (κ1) is 13.3. The maximum atomic E-state index is 10.4. The minimum Gasteiger partial charge on any atom is -0.508 e. The molecule has 0 aliphatic carbocycles. The Balaban J connectivity index is 2.63. The number of benzene rings is 2. The summed E-state index contributed by atoms with van der Waals surface area (Å²) >= 11 is 0. The molecule has 100 valence electrons. The third-order valence-electron chi connectivity index (χ3n) is 3.39. The van der Waals surface area contributed by atoms with Crippen molar-refractivity contribution in [3.8, 4) is 28.4 Å². The van der Waals surface area contributed by atoms with Gasteiger partial charge in [-0.15, -0.1) is 0 Å². The molecular formula is C16H18O3. The first-order valence-electron chi connectivity index (χ1n) is 6.44. The van der Waals surface area contributed by atoms with Gasteiger partial charge in [-0.25, -0.2) is 0 Å². The zero-order valence-electron chi connectivity index (χ0n) is 11.1. The average Bonchev–Trinajstić information content (AvgIpc) is 2.39. The molecule has 0 saturated carbocycles. The summed E-state index contributed by atoms with van der Waals surface area (Å²) in [5.74, 6) is 0.172. The van der Waals surface area contributed by atoms with Crippen LogP contribution < -0.4 is 0 Å². The fourth-order valence-corrected chi connectivity index (χ4v) is 2.37. The lowest BCUT2D eigenvalue weighted by Gasteiger charge is -2.14. The molecule has 0 unspecified atom stereocenters. The van der Waals surface area contributed by atoms with Gasteiger partial charge in [0.2, 0.25) is 0 Å². The largest absolute Gasteiger partial charge is 0.508 e. The molecule has 0 bridgehead atoms. The van der Waals surface area contributed by atoms with Crippen LogP contribution in [0.15, 0.2) is 30.3 Å². The summed E-state index contributed by atoms with van der Waals surface area (Å²) in [5.41, 5.74) is 3.13. The highest BCUT2D eigenvalue weighted by atomic mass is 16.3. The lowest BCUT2D eigenvalue weighted by molar-refractivity contribution is 0.449. The fourth-order valence-electron chi connectivity index (χ4n) is 2.37.